The minimum absolute atomic E-state index is 0.0764. The Morgan fingerprint density at radius 3 is 2.91 bits per heavy atom. The van der Waals surface area contributed by atoms with Gasteiger partial charge in [-0.25, -0.2) is 0 Å². The van der Waals surface area contributed by atoms with Crippen LogP contribution in [0.2, 0.25) is 0 Å². The van der Waals surface area contributed by atoms with Gasteiger partial charge in [-0.3, -0.25) is 10.1 Å². The molecule has 2 aliphatic rings. The van der Waals surface area contributed by atoms with E-state index in [1.165, 1.54) is 6.21 Å². The average molecular weight is 152 g/mol. The van der Waals surface area contributed by atoms with E-state index in [4.69, 9.17) is 0 Å². The molecule has 1 radical (unpaired) electrons. The molecule has 1 heterocycles. The summed E-state index contributed by atoms with van der Waals surface area (Å²) < 4.78 is 0. The Morgan fingerprint density at radius 2 is 2.36 bits per heavy atom. The van der Waals surface area contributed by atoms with E-state index in [-0.39, 0.29) is 5.70 Å². The van der Waals surface area contributed by atoms with Gasteiger partial charge in [0.15, 0.2) is 0 Å². The second-order valence-corrected chi connectivity index (χ2v) is 2.65. The zero-order valence-electron chi connectivity index (χ0n) is 5.73. The lowest BCUT2D eigenvalue weighted by atomic mass is 10.2. The van der Waals surface area contributed by atoms with Gasteiger partial charge in [-0.1, -0.05) is 0 Å². The summed E-state index contributed by atoms with van der Waals surface area (Å²) >= 11 is 0. The molecule has 0 aromatic rings. The standard InChI is InChI=1S/C6H6N3O2/c10-9(11)5-3-7-8-6(5)4-1-2-4/h3-4H,1-2H2. The second kappa shape index (κ2) is 2.05. The van der Waals surface area contributed by atoms with Crippen LogP contribution in [0.3, 0.4) is 0 Å². The number of nitrogens with zero attached hydrogens (tertiary/aromatic N) is 3. The molecule has 0 amide bonds. The Labute approximate surface area is 62.9 Å². The van der Waals surface area contributed by atoms with Crippen molar-refractivity contribution in [2.24, 2.45) is 11.0 Å². The van der Waals surface area contributed by atoms with Gasteiger partial charge in [-0.2, -0.15) is 5.10 Å². The minimum Gasteiger partial charge on any atom is -0.258 e. The highest BCUT2D eigenvalue weighted by atomic mass is 16.6. The van der Waals surface area contributed by atoms with Crippen LogP contribution in [0.1, 0.15) is 12.8 Å². The monoisotopic (exact) mass is 152 g/mol. The highest BCUT2D eigenvalue weighted by Gasteiger charge is 2.36. The molecular weight excluding hydrogens is 146 g/mol. The van der Waals surface area contributed by atoms with Gasteiger partial charge < -0.3 is 0 Å². The molecule has 0 aromatic carbocycles. The Morgan fingerprint density at radius 1 is 1.64 bits per heavy atom. The van der Waals surface area contributed by atoms with Crippen molar-refractivity contribution in [3.05, 3.63) is 21.5 Å². The SMILES string of the molecule is O=[N+]([O-])C1=C(C2CC2)[N]N=C1. The summed E-state index contributed by atoms with van der Waals surface area (Å²) in [6, 6.07) is 0. The Hall–Kier alpha value is -1.39. The summed E-state index contributed by atoms with van der Waals surface area (Å²) in [7, 11) is 0. The first-order chi connectivity index (χ1) is 5.29. The molecule has 0 unspecified atom stereocenters. The number of nitro groups is 1. The van der Waals surface area contributed by atoms with Crippen molar-refractivity contribution >= 4 is 6.21 Å². The summed E-state index contributed by atoms with van der Waals surface area (Å²) in [5, 5.41) is 13.9. The third-order valence-electron chi connectivity index (χ3n) is 1.77. The number of hydrogen-bond acceptors (Lipinski definition) is 3. The van der Waals surface area contributed by atoms with Gasteiger partial charge in [-0.15, -0.1) is 5.43 Å². The molecule has 5 heteroatoms. The van der Waals surface area contributed by atoms with Crippen LogP contribution in [0.5, 0.6) is 0 Å². The van der Waals surface area contributed by atoms with Gasteiger partial charge >= 0.3 is 5.70 Å². The van der Waals surface area contributed by atoms with Crippen LogP contribution >= 0.6 is 0 Å². The Bertz CT molecular complexity index is 265. The van der Waals surface area contributed by atoms with E-state index in [1.807, 2.05) is 0 Å². The molecule has 0 bridgehead atoms. The van der Waals surface area contributed by atoms with Gasteiger partial charge in [0.2, 0.25) is 0 Å². The molecule has 2 rings (SSSR count). The average Bonchev–Trinajstić information content (AvgIpc) is 2.68. The van der Waals surface area contributed by atoms with E-state index in [9.17, 15) is 10.1 Å². The molecule has 0 atom stereocenters. The van der Waals surface area contributed by atoms with E-state index in [0.29, 0.717) is 11.6 Å². The van der Waals surface area contributed by atoms with Gasteiger partial charge in [-0.05, 0) is 12.8 Å². The zero-order valence-corrected chi connectivity index (χ0v) is 5.73. The van der Waals surface area contributed by atoms with Crippen LogP contribution < -0.4 is 5.43 Å². The van der Waals surface area contributed by atoms with Crippen molar-refractivity contribution in [2.45, 2.75) is 12.8 Å². The summed E-state index contributed by atoms with van der Waals surface area (Å²) in [6.45, 7) is 0. The molecule has 1 fully saturated rings. The molecular formula is C6H6N3O2. The summed E-state index contributed by atoms with van der Waals surface area (Å²) in [5.74, 6) is 0.304. The van der Waals surface area contributed by atoms with Crippen LogP contribution in [0.15, 0.2) is 16.5 Å². The van der Waals surface area contributed by atoms with Gasteiger partial charge in [0.05, 0.1) is 4.92 Å². The first kappa shape index (κ1) is 6.33. The van der Waals surface area contributed by atoms with Crippen molar-refractivity contribution in [3.8, 4) is 0 Å². The van der Waals surface area contributed by atoms with Gasteiger partial charge in [0.25, 0.3) is 0 Å². The zero-order chi connectivity index (χ0) is 7.84. The maximum atomic E-state index is 10.3. The van der Waals surface area contributed by atoms with Crippen molar-refractivity contribution in [1.82, 2.24) is 5.43 Å². The minimum atomic E-state index is -0.423. The fourth-order valence-electron chi connectivity index (χ4n) is 1.05. The molecule has 1 saturated carbocycles. The van der Waals surface area contributed by atoms with Crippen molar-refractivity contribution < 1.29 is 4.92 Å². The van der Waals surface area contributed by atoms with Crippen LogP contribution in [-0.4, -0.2) is 11.1 Å². The lowest BCUT2D eigenvalue weighted by Crippen LogP contribution is -2.04. The fraction of sp³-hybridized carbons (Fsp3) is 0.500. The quantitative estimate of drug-likeness (QED) is 0.426. The summed E-state index contributed by atoms with van der Waals surface area (Å²) in [5.41, 5.74) is 4.35. The normalized spacial score (nSPS) is 22.2. The Kier molecular flexibility index (Phi) is 1.18. The number of rotatable bonds is 2. The van der Waals surface area contributed by atoms with Gasteiger partial charge in [0.1, 0.15) is 11.9 Å². The highest BCUT2D eigenvalue weighted by molar-refractivity contribution is 5.78. The van der Waals surface area contributed by atoms with Crippen LogP contribution in [0.25, 0.3) is 0 Å². The van der Waals surface area contributed by atoms with Crippen molar-refractivity contribution in [1.29, 1.82) is 0 Å². The van der Waals surface area contributed by atoms with Gasteiger partial charge in [0, 0.05) is 5.92 Å². The predicted molar refractivity (Wildman–Crippen MR) is 37.4 cm³/mol. The third kappa shape index (κ3) is 0.978. The lowest BCUT2D eigenvalue weighted by molar-refractivity contribution is -0.415. The largest absolute Gasteiger partial charge is 0.312 e. The van der Waals surface area contributed by atoms with Crippen LogP contribution in [-0.2, 0) is 0 Å². The Balaban J connectivity index is 2.27. The van der Waals surface area contributed by atoms with E-state index >= 15 is 0 Å². The summed E-state index contributed by atoms with van der Waals surface area (Å²) in [4.78, 5) is 9.92. The third-order valence-corrected chi connectivity index (χ3v) is 1.77. The number of allylic oxidation sites excluding steroid dienone is 2. The van der Waals surface area contributed by atoms with Crippen molar-refractivity contribution in [3.63, 3.8) is 0 Å². The molecule has 5 nitrogen and oxygen atoms in total. The predicted octanol–water partition coefficient (Wildman–Crippen LogP) is 0.488. The maximum Gasteiger partial charge on any atom is 0.312 e. The molecule has 0 N–H and O–H groups in total. The second-order valence-electron chi connectivity index (χ2n) is 2.65. The van der Waals surface area contributed by atoms with Crippen LogP contribution in [0, 0.1) is 16.0 Å². The smallest absolute Gasteiger partial charge is 0.258 e. The van der Waals surface area contributed by atoms with Crippen molar-refractivity contribution in [2.75, 3.05) is 0 Å². The molecule has 0 spiro atoms. The van der Waals surface area contributed by atoms with Crippen LogP contribution in [0.4, 0.5) is 0 Å². The topological polar surface area (TPSA) is 69.6 Å². The highest BCUT2D eigenvalue weighted by Crippen LogP contribution is 2.38. The first-order valence-electron chi connectivity index (χ1n) is 3.41. The maximum absolute atomic E-state index is 10.3. The molecule has 11 heavy (non-hydrogen) atoms. The molecule has 1 aliphatic carbocycles. The molecule has 57 valence electrons. The summed E-state index contributed by atoms with van der Waals surface area (Å²) in [6.07, 6.45) is 3.24. The fourth-order valence-corrected chi connectivity index (χ4v) is 1.05. The van der Waals surface area contributed by atoms with E-state index < -0.39 is 4.92 Å². The van der Waals surface area contributed by atoms with E-state index in [1.54, 1.807) is 0 Å². The van der Waals surface area contributed by atoms with E-state index in [2.05, 4.69) is 10.5 Å². The number of hydrogen-bond donors (Lipinski definition) is 0. The molecule has 0 saturated heterocycles. The first-order valence-corrected chi connectivity index (χ1v) is 3.41. The molecule has 1 aliphatic heterocycles. The molecule has 0 aromatic heterocycles. The van der Waals surface area contributed by atoms with E-state index in [0.717, 1.165) is 12.8 Å². The lowest BCUT2D eigenvalue weighted by Gasteiger charge is -1.92.